The molecule has 5 rings (SSSR count). The van der Waals surface area contributed by atoms with Gasteiger partial charge < -0.3 is 0 Å². The van der Waals surface area contributed by atoms with Crippen LogP contribution >= 0.6 is 0 Å². The van der Waals surface area contributed by atoms with Crippen LogP contribution in [-0.2, 0) is 0 Å². The van der Waals surface area contributed by atoms with E-state index < -0.39 is 0 Å². The molecule has 6 atom stereocenters. The van der Waals surface area contributed by atoms with Crippen LogP contribution in [0, 0.1) is 23.7 Å². The van der Waals surface area contributed by atoms with E-state index in [0.29, 0.717) is 0 Å². The standard InChI is InChI=1S/C16H18/c1-2-4-12-11(3-1)13-8-14(12)16-10-6-5-9(7-10)15(13)16/h1-4,9-10,13-16H,5-8H2/t9-,10-,13+,14+,15-,16+/m0/s1. The topological polar surface area (TPSA) is 0 Å². The van der Waals surface area contributed by atoms with Crippen molar-refractivity contribution in [1.82, 2.24) is 0 Å². The van der Waals surface area contributed by atoms with Crippen LogP contribution in [0.4, 0.5) is 0 Å². The number of benzene rings is 1. The van der Waals surface area contributed by atoms with Crippen molar-refractivity contribution >= 4 is 0 Å². The molecule has 0 heteroatoms. The molecule has 0 heterocycles. The Morgan fingerprint density at radius 3 is 1.88 bits per heavy atom. The molecule has 82 valence electrons. The van der Waals surface area contributed by atoms with Gasteiger partial charge in [0.1, 0.15) is 0 Å². The van der Waals surface area contributed by atoms with Gasteiger partial charge in [0.25, 0.3) is 0 Å². The number of rotatable bonds is 0. The van der Waals surface area contributed by atoms with Crippen molar-refractivity contribution in [2.45, 2.75) is 37.5 Å². The first kappa shape index (κ1) is 8.33. The van der Waals surface area contributed by atoms with E-state index >= 15 is 0 Å². The molecule has 0 spiro atoms. The predicted molar refractivity (Wildman–Crippen MR) is 64.4 cm³/mol. The molecular weight excluding hydrogens is 192 g/mol. The normalized spacial score (nSPS) is 50.8. The lowest BCUT2D eigenvalue weighted by Crippen LogP contribution is -2.27. The average Bonchev–Trinajstić information content (AvgIpc) is 3.07. The Kier molecular flexibility index (Phi) is 1.33. The van der Waals surface area contributed by atoms with Crippen LogP contribution in [-0.4, -0.2) is 0 Å². The largest absolute Gasteiger partial charge is 0.0620 e. The highest BCUT2D eigenvalue weighted by molar-refractivity contribution is 5.44. The second-order valence-electron chi connectivity index (χ2n) is 6.57. The second kappa shape index (κ2) is 2.55. The summed E-state index contributed by atoms with van der Waals surface area (Å²) < 4.78 is 0. The Balaban J connectivity index is 1.71. The second-order valence-corrected chi connectivity index (χ2v) is 6.57. The fourth-order valence-corrected chi connectivity index (χ4v) is 6.02. The Morgan fingerprint density at radius 1 is 0.750 bits per heavy atom. The zero-order valence-corrected chi connectivity index (χ0v) is 9.60. The van der Waals surface area contributed by atoms with E-state index in [1.54, 1.807) is 30.4 Å². The first-order valence-electron chi connectivity index (χ1n) is 7.02. The number of fused-ring (bicyclic) bond motifs is 12. The quantitative estimate of drug-likeness (QED) is 0.569. The minimum atomic E-state index is 0.960. The van der Waals surface area contributed by atoms with Gasteiger partial charge in [0.2, 0.25) is 0 Å². The van der Waals surface area contributed by atoms with Crippen molar-refractivity contribution in [3.05, 3.63) is 35.4 Å². The van der Waals surface area contributed by atoms with E-state index in [0.717, 1.165) is 35.5 Å². The van der Waals surface area contributed by atoms with Crippen LogP contribution in [0.25, 0.3) is 0 Å². The van der Waals surface area contributed by atoms with Gasteiger partial charge in [-0.3, -0.25) is 0 Å². The molecule has 3 fully saturated rings. The number of hydrogen-bond acceptors (Lipinski definition) is 0. The fraction of sp³-hybridized carbons (Fsp3) is 0.625. The lowest BCUT2D eigenvalue weighted by atomic mass is 9.69. The third-order valence-electron chi connectivity index (χ3n) is 6.28. The highest BCUT2D eigenvalue weighted by Crippen LogP contribution is 2.71. The van der Waals surface area contributed by atoms with E-state index in [1.807, 2.05) is 0 Å². The van der Waals surface area contributed by atoms with Gasteiger partial charge in [-0.1, -0.05) is 24.3 Å². The lowest BCUT2D eigenvalue weighted by molar-refractivity contribution is 0.218. The van der Waals surface area contributed by atoms with Gasteiger partial charge in [0, 0.05) is 0 Å². The van der Waals surface area contributed by atoms with Crippen molar-refractivity contribution in [2.24, 2.45) is 23.7 Å². The molecular formula is C16H18. The summed E-state index contributed by atoms with van der Waals surface area (Å²) in [7, 11) is 0. The molecule has 0 saturated heterocycles. The van der Waals surface area contributed by atoms with Crippen molar-refractivity contribution in [3.63, 3.8) is 0 Å². The van der Waals surface area contributed by atoms with Gasteiger partial charge in [-0.05, 0) is 72.3 Å². The maximum absolute atomic E-state index is 2.42. The summed E-state index contributed by atoms with van der Waals surface area (Å²) in [6, 6.07) is 9.34. The highest BCUT2D eigenvalue weighted by atomic mass is 14.6. The maximum Gasteiger partial charge on any atom is -0.0119 e. The maximum atomic E-state index is 2.42. The highest BCUT2D eigenvalue weighted by Gasteiger charge is 2.61. The Hall–Kier alpha value is -0.780. The molecule has 0 radical (unpaired) electrons. The summed E-state index contributed by atoms with van der Waals surface area (Å²) in [5, 5.41) is 0. The van der Waals surface area contributed by atoms with E-state index in [-0.39, 0.29) is 0 Å². The Morgan fingerprint density at radius 2 is 1.31 bits per heavy atom. The van der Waals surface area contributed by atoms with Crippen LogP contribution in [0.5, 0.6) is 0 Å². The molecule has 0 aliphatic heterocycles. The Labute approximate surface area is 97.1 Å². The van der Waals surface area contributed by atoms with Gasteiger partial charge >= 0.3 is 0 Å². The van der Waals surface area contributed by atoms with Gasteiger partial charge in [-0.25, -0.2) is 0 Å². The molecule has 0 N–H and O–H groups in total. The summed E-state index contributed by atoms with van der Waals surface area (Å²) in [5.41, 5.74) is 3.47. The van der Waals surface area contributed by atoms with E-state index in [1.165, 1.54) is 6.42 Å². The predicted octanol–water partition coefficient (Wildman–Crippen LogP) is 3.93. The van der Waals surface area contributed by atoms with E-state index in [2.05, 4.69) is 24.3 Å². The SMILES string of the molecule is c1ccc2c(c1)[C@H]1C[C@H]2[C@H]2[C@H]3CC[C@@H](C3)[C@H]21. The molecule has 1 aromatic carbocycles. The average molecular weight is 210 g/mol. The van der Waals surface area contributed by atoms with Gasteiger partial charge in [0.05, 0.1) is 0 Å². The van der Waals surface area contributed by atoms with Crippen LogP contribution < -0.4 is 0 Å². The fourth-order valence-electron chi connectivity index (χ4n) is 6.02. The molecule has 0 unspecified atom stereocenters. The zero-order chi connectivity index (χ0) is 10.3. The summed E-state index contributed by atoms with van der Waals surface area (Å²) in [6.07, 6.45) is 6.19. The lowest BCUT2D eigenvalue weighted by Gasteiger charge is -2.35. The molecule has 4 aliphatic rings. The van der Waals surface area contributed by atoms with Crippen molar-refractivity contribution in [2.75, 3.05) is 0 Å². The zero-order valence-electron chi connectivity index (χ0n) is 9.60. The van der Waals surface area contributed by atoms with Gasteiger partial charge in [-0.2, -0.15) is 0 Å². The molecule has 0 aromatic heterocycles. The molecule has 4 aliphatic carbocycles. The van der Waals surface area contributed by atoms with Gasteiger partial charge in [0.15, 0.2) is 0 Å². The summed E-state index contributed by atoms with van der Waals surface area (Å²) in [5.74, 6) is 6.33. The third kappa shape index (κ3) is 0.752. The van der Waals surface area contributed by atoms with E-state index in [4.69, 9.17) is 0 Å². The molecule has 16 heavy (non-hydrogen) atoms. The molecule has 1 aromatic rings. The van der Waals surface area contributed by atoms with Crippen molar-refractivity contribution < 1.29 is 0 Å². The minimum absolute atomic E-state index is 0.960. The molecule has 3 saturated carbocycles. The monoisotopic (exact) mass is 210 g/mol. The summed E-state index contributed by atoms with van der Waals surface area (Å²) in [6.45, 7) is 0. The van der Waals surface area contributed by atoms with E-state index in [9.17, 15) is 0 Å². The first-order chi connectivity index (χ1) is 7.93. The van der Waals surface area contributed by atoms with Crippen LogP contribution in [0.1, 0.15) is 48.6 Å². The van der Waals surface area contributed by atoms with Gasteiger partial charge in [-0.15, -0.1) is 0 Å². The number of hydrogen-bond donors (Lipinski definition) is 0. The molecule has 0 nitrogen and oxygen atoms in total. The van der Waals surface area contributed by atoms with Crippen molar-refractivity contribution in [1.29, 1.82) is 0 Å². The summed E-state index contributed by atoms with van der Waals surface area (Å²) >= 11 is 0. The van der Waals surface area contributed by atoms with Crippen LogP contribution in [0.2, 0.25) is 0 Å². The smallest absolute Gasteiger partial charge is 0.0119 e. The minimum Gasteiger partial charge on any atom is -0.0620 e. The molecule has 0 amide bonds. The van der Waals surface area contributed by atoms with Crippen molar-refractivity contribution in [3.8, 4) is 0 Å². The third-order valence-corrected chi connectivity index (χ3v) is 6.28. The Bertz CT molecular complexity index is 420. The molecule has 4 bridgehead atoms. The van der Waals surface area contributed by atoms with Crippen LogP contribution in [0.15, 0.2) is 24.3 Å². The van der Waals surface area contributed by atoms with Crippen LogP contribution in [0.3, 0.4) is 0 Å². The first-order valence-corrected chi connectivity index (χ1v) is 7.02. The summed E-state index contributed by atoms with van der Waals surface area (Å²) in [4.78, 5) is 0.